The highest BCUT2D eigenvalue weighted by atomic mass is 19.1. The van der Waals surface area contributed by atoms with Crippen LogP contribution in [0.2, 0.25) is 0 Å². The van der Waals surface area contributed by atoms with Crippen LogP contribution in [-0.2, 0) is 6.42 Å². The number of hydrogen-bond acceptors (Lipinski definition) is 2. The van der Waals surface area contributed by atoms with Crippen LogP contribution in [0.1, 0.15) is 17.2 Å². The predicted molar refractivity (Wildman–Crippen MR) is 61.3 cm³/mol. The van der Waals surface area contributed by atoms with Gasteiger partial charge in [0, 0.05) is 18.4 Å². The normalized spacial score (nSPS) is 12.4. The molecule has 0 fully saturated rings. The van der Waals surface area contributed by atoms with E-state index in [1.54, 1.807) is 24.5 Å². The number of rotatable bonds is 3. The second kappa shape index (κ2) is 4.86. The maximum absolute atomic E-state index is 12.7. The summed E-state index contributed by atoms with van der Waals surface area (Å²) >= 11 is 0. The van der Waals surface area contributed by atoms with Crippen molar-refractivity contribution in [3.05, 3.63) is 65.7 Å². The summed E-state index contributed by atoms with van der Waals surface area (Å²) in [7, 11) is 0. The standard InChI is InChI=1S/C13H13FN2/c14-12-5-3-10(4-6-12)8-13(15)11-2-1-7-16-9-11/h1-7,9,13H,8,15H2/t13-/m0/s1. The molecular weight excluding hydrogens is 203 g/mol. The summed E-state index contributed by atoms with van der Waals surface area (Å²) in [6.07, 6.45) is 4.16. The molecule has 1 atom stereocenters. The lowest BCUT2D eigenvalue weighted by Gasteiger charge is -2.11. The molecule has 1 aromatic carbocycles. The Morgan fingerprint density at radius 3 is 2.56 bits per heavy atom. The van der Waals surface area contributed by atoms with Gasteiger partial charge in [-0.05, 0) is 35.7 Å². The van der Waals surface area contributed by atoms with Crippen LogP contribution in [0.25, 0.3) is 0 Å². The number of hydrogen-bond donors (Lipinski definition) is 1. The first kappa shape index (κ1) is 10.8. The molecule has 16 heavy (non-hydrogen) atoms. The van der Waals surface area contributed by atoms with Gasteiger partial charge in [-0.15, -0.1) is 0 Å². The Labute approximate surface area is 93.9 Å². The van der Waals surface area contributed by atoms with Crippen molar-refractivity contribution in [2.24, 2.45) is 5.73 Å². The Morgan fingerprint density at radius 2 is 1.94 bits per heavy atom. The van der Waals surface area contributed by atoms with Gasteiger partial charge in [-0.1, -0.05) is 18.2 Å². The number of nitrogens with two attached hydrogens (primary N) is 1. The zero-order valence-corrected chi connectivity index (χ0v) is 8.81. The van der Waals surface area contributed by atoms with Gasteiger partial charge in [0.25, 0.3) is 0 Å². The van der Waals surface area contributed by atoms with E-state index in [0.717, 1.165) is 11.1 Å². The van der Waals surface area contributed by atoms with Gasteiger partial charge in [0.2, 0.25) is 0 Å². The van der Waals surface area contributed by atoms with Crippen LogP contribution in [-0.4, -0.2) is 4.98 Å². The molecule has 0 spiro atoms. The summed E-state index contributed by atoms with van der Waals surface area (Å²) < 4.78 is 12.7. The summed E-state index contributed by atoms with van der Waals surface area (Å²) in [6, 6.07) is 10.1. The van der Waals surface area contributed by atoms with Crippen LogP contribution >= 0.6 is 0 Å². The van der Waals surface area contributed by atoms with Gasteiger partial charge in [-0.25, -0.2) is 4.39 Å². The second-order valence-electron chi connectivity index (χ2n) is 3.72. The van der Waals surface area contributed by atoms with Crippen LogP contribution in [0.4, 0.5) is 4.39 Å². The maximum atomic E-state index is 12.7. The first-order valence-electron chi connectivity index (χ1n) is 5.15. The van der Waals surface area contributed by atoms with Crippen molar-refractivity contribution in [3.63, 3.8) is 0 Å². The Kier molecular flexibility index (Phi) is 3.27. The summed E-state index contributed by atoms with van der Waals surface area (Å²) in [5.41, 5.74) is 8.05. The van der Waals surface area contributed by atoms with Crippen LogP contribution in [0.5, 0.6) is 0 Å². The van der Waals surface area contributed by atoms with Gasteiger partial charge in [0.05, 0.1) is 0 Å². The molecule has 2 aromatic rings. The molecule has 0 aliphatic carbocycles. The number of pyridine rings is 1. The fraction of sp³-hybridized carbons (Fsp3) is 0.154. The van der Waals surface area contributed by atoms with Crippen LogP contribution < -0.4 is 5.73 Å². The molecule has 2 rings (SSSR count). The minimum atomic E-state index is -0.223. The largest absolute Gasteiger partial charge is 0.324 e. The van der Waals surface area contributed by atoms with E-state index in [9.17, 15) is 4.39 Å². The van der Waals surface area contributed by atoms with Gasteiger partial charge in [0.15, 0.2) is 0 Å². The van der Waals surface area contributed by atoms with Crippen LogP contribution in [0.3, 0.4) is 0 Å². The molecule has 0 aliphatic rings. The first-order chi connectivity index (χ1) is 7.75. The third-order valence-corrected chi connectivity index (χ3v) is 2.48. The van der Waals surface area contributed by atoms with Crippen LogP contribution in [0, 0.1) is 5.82 Å². The van der Waals surface area contributed by atoms with E-state index >= 15 is 0 Å². The molecule has 1 aromatic heterocycles. The number of aromatic nitrogens is 1. The van der Waals surface area contributed by atoms with Crippen LogP contribution in [0.15, 0.2) is 48.8 Å². The Hall–Kier alpha value is -1.74. The van der Waals surface area contributed by atoms with Crippen molar-refractivity contribution in [3.8, 4) is 0 Å². The van der Waals surface area contributed by atoms with E-state index in [-0.39, 0.29) is 11.9 Å². The molecule has 0 saturated heterocycles. The SMILES string of the molecule is N[C@@H](Cc1ccc(F)cc1)c1cccnc1. The minimum Gasteiger partial charge on any atom is -0.324 e. The number of benzene rings is 1. The first-order valence-corrected chi connectivity index (χ1v) is 5.15. The molecule has 2 nitrogen and oxygen atoms in total. The van der Waals surface area contributed by atoms with Crippen molar-refractivity contribution in [2.45, 2.75) is 12.5 Å². The highest BCUT2D eigenvalue weighted by Crippen LogP contribution is 2.15. The van der Waals surface area contributed by atoms with Crippen molar-refractivity contribution in [1.82, 2.24) is 4.98 Å². The smallest absolute Gasteiger partial charge is 0.123 e. The summed E-state index contributed by atoms with van der Waals surface area (Å²) in [6.45, 7) is 0. The Balaban J connectivity index is 2.08. The van der Waals surface area contributed by atoms with Gasteiger partial charge < -0.3 is 5.73 Å². The average molecular weight is 216 g/mol. The predicted octanol–water partition coefficient (Wildman–Crippen LogP) is 2.46. The van der Waals surface area contributed by atoms with Crippen molar-refractivity contribution < 1.29 is 4.39 Å². The monoisotopic (exact) mass is 216 g/mol. The fourth-order valence-electron chi connectivity index (χ4n) is 1.59. The molecule has 0 amide bonds. The van der Waals surface area contributed by atoms with E-state index in [4.69, 9.17) is 5.73 Å². The molecule has 82 valence electrons. The van der Waals surface area contributed by atoms with Crippen molar-refractivity contribution in [1.29, 1.82) is 0 Å². The summed E-state index contributed by atoms with van der Waals surface area (Å²) in [5.74, 6) is -0.223. The Morgan fingerprint density at radius 1 is 1.19 bits per heavy atom. The van der Waals surface area contributed by atoms with Gasteiger partial charge in [-0.2, -0.15) is 0 Å². The number of halogens is 1. The third-order valence-electron chi connectivity index (χ3n) is 2.48. The maximum Gasteiger partial charge on any atom is 0.123 e. The molecular formula is C13H13FN2. The molecule has 0 saturated carbocycles. The molecule has 0 bridgehead atoms. The topological polar surface area (TPSA) is 38.9 Å². The van der Waals surface area contributed by atoms with Crippen molar-refractivity contribution in [2.75, 3.05) is 0 Å². The molecule has 0 radical (unpaired) electrons. The molecule has 0 unspecified atom stereocenters. The summed E-state index contributed by atoms with van der Waals surface area (Å²) in [4.78, 5) is 4.02. The van der Waals surface area contributed by atoms with E-state index in [1.807, 2.05) is 12.1 Å². The van der Waals surface area contributed by atoms with Gasteiger partial charge in [-0.3, -0.25) is 4.98 Å². The third kappa shape index (κ3) is 2.64. The van der Waals surface area contributed by atoms with Crippen molar-refractivity contribution >= 4 is 0 Å². The Bertz CT molecular complexity index is 439. The highest BCUT2D eigenvalue weighted by molar-refractivity contribution is 5.21. The lowest BCUT2D eigenvalue weighted by atomic mass is 10.0. The molecule has 1 heterocycles. The van der Waals surface area contributed by atoms with Gasteiger partial charge in [0.1, 0.15) is 5.82 Å². The van der Waals surface area contributed by atoms with Gasteiger partial charge >= 0.3 is 0 Å². The zero-order valence-electron chi connectivity index (χ0n) is 8.81. The highest BCUT2D eigenvalue weighted by Gasteiger charge is 2.06. The molecule has 3 heteroatoms. The van der Waals surface area contributed by atoms with E-state index < -0.39 is 0 Å². The quantitative estimate of drug-likeness (QED) is 0.856. The minimum absolute atomic E-state index is 0.0980. The number of nitrogens with zero attached hydrogens (tertiary/aromatic N) is 1. The van der Waals surface area contributed by atoms with E-state index in [2.05, 4.69) is 4.98 Å². The van der Waals surface area contributed by atoms with E-state index in [1.165, 1.54) is 12.1 Å². The molecule has 0 aliphatic heterocycles. The average Bonchev–Trinajstić information content (AvgIpc) is 2.33. The zero-order chi connectivity index (χ0) is 11.4. The fourth-order valence-corrected chi connectivity index (χ4v) is 1.59. The second-order valence-corrected chi connectivity index (χ2v) is 3.72. The molecule has 2 N–H and O–H groups in total. The summed E-state index contributed by atoms with van der Waals surface area (Å²) in [5, 5.41) is 0. The lowest BCUT2D eigenvalue weighted by molar-refractivity contribution is 0.625. The lowest BCUT2D eigenvalue weighted by Crippen LogP contribution is -2.13. The van der Waals surface area contributed by atoms with E-state index in [0.29, 0.717) is 6.42 Å².